The fourth-order valence-corrected chi connectivity index (χ4v) is 1.45. The van der Waals surface area contributed by atoms with E-state index in [1.165, 1.54) is 6.92 Å². The molecule has 1 aromatic carbocycles. The summed E-state index contributed by atoms with van der Waals surface area (Å²) < 4.78 is 0. The van der Waals surface area contributed by atoms with E-state index in [4.69, 9.17) is 0 Å². The second kappa shape index (κ2) is 6.89. The highest BCUT2D eigenvalue weighted by Crippen LogP contribution is 2.16. The first kappa shape index (κ1) is 15.2. The number of hydrogen-bond acceptors (Lipinski definition) is 3. The summed E-state index contributed by atoms with van der Waals surface area (Å²) in [6.45, 7) is 5.76. The Morgan fingerprint density at radius 2 is 1.79 bits per heavy atom. The van der Waals surface area contributed by atoms with Gasteiger partial charge in [-0.25, -0.2) is 0 Å². The molecular formula is C14H21N3O2. The number of amides is 2. The standard InChI is InChI=1S/C14H21N3O2/c1-10(2)15-9-14(19)16-12-5-7-13(8-6-12)17(4)11(3)18/h5-8,10,15H,9H2,1-4H3,(H,16,19). The Morgan fingerprint density at radius 1 is 1.21 bits per heavy atom. The van der Waals surface area contributed by atoms with E-state index >= 15 is 0 Å². The molecule has 1 rings (SSSR count). The second-order valence-corrected chi connectivity index (χ2v) is 4.71. The van der Waals surface area contributed by atoms with E-state index in [2.05, 4.69) is 10.6 Å². The first-order chi connectivity index (χ1) is 8.90. The first-order valence-electron chi connectivity index (χ1n) is 6.27. The third-order valence-electron chi connectivity index (χ3n) is 2.68. The summed E-state index contributed by atoms with van der Waals surface area (Å²) in [5.74, 6) is -0.112. The average Bonchev–Trinajstić information content (AvgIpc) is 2.36. The SMILES string of the molecule is CC(=O)N(C)c1ccc(NC(=O)CNC(C)C)cc1. The lowest BCUT2D eigenvalue weighted by molar-refractivity contribution is -0.116. The van der Waals surface area contributed by atoms with Gasteiger partial charge in [0.05, 0.1) is 6.54 Å². The molecule has 0 atom stereocenters. The van der Waals surface area contributed by atoms with Gasteiger partial charge in [0, 0.05) is 31.4 Å². The molecule has 0 unspecified atom stereocenters. The Labute approximate surface area is 114 Å². The molecule has 0 saturated heterocycles. The molecule has 0 radical (unpaired) electrons. The van der Waals surface area contributed by atoms with E-state index in [0.717, 1.165) is 11.4 Å². The first-order valence-corrected chi connectivity index (χ1v) is 6.27. The lowest BCUT2D eigenvalue weighted by Gasteiger charge is -2.15. The van der Waals surface area contributed by atoms with Crippen molar-refractivity contribution in [1.29, 1.82) is 0 Å². The maximum Gasteiger partial charge on any atom is 0.238 e. The predicted octanol–water partition coefficient (Wildman–Crippen LogP) is 1.61. The number of anilines is 2. The van der Waals surface area contributed by atoms with Gasteiger partial charge in [0.2, 0.25) is 11.8 Å². The van der Waals surface area contributed by atoms with Crippen molar-refractivity contribution >= 4 is 23.2 Å². The van der Waals surface area contributed by atoms with Crippen LogP contribution in [0.25, 0.3) is 0 Å². The van der Waals surface area contributed by atoms with Gasteiger partial charge in [-0.2, -0.15) is 0 Å². The van der Waals surface area contributed by atoms with Crippen LogP contribution in [0.1, 0.15) is 20.8 Å². The molecule has 104 valence electrons. The van der Waals surface area contributed by atoms with Crippen LogP contribution in [0.2, 0.25) is 0 Å². The lowest BCUT2D eigenvalue weighted by atomic mass is 10.2. The predicted molar refractivity (Wildman–Crippen MR) is 77.3 cm³/mol. The van der Waals surface area contributed by atoms with Crippen molar-refractivity contribution in [3.05, 3.63) is 24.3 Å². The number of carbonyl (C=O) groups excluding carboxylic acids is 2. The molecule has 0 aromatic heterocycles. The molecule has 1 aromatic rings. The van der Waals surface area contributed by atoms with Crippen LogP contribution >= 0.6 is 0 Å². The van der Waals surface area contributed by atoms with Gasteiger partial charge in [0.15, 0.2) is 0 Å². The zero-order valence-corrected chi connectivity index (χ0v) is 11.9. The molecule has 0 aliphatic carbocycles. The smallest absolute Gasteiger partial charge is 0.238 e. The largest absolute Gasteiger partial charge is 0.325 e. The Bertz CT molecular complexity index is 441. The molecule has 5 nitrogen and oxygen atoms in total. The summed E-state index contributed by atoms with van der Waals surface area (Å²) in [5.41, 5.74) is 1.52. The highest BCUT2D eigenvalue weighted by atomic mass is 16.2. The fraction of sp³-hybridized carbons (Fsp3) is 0.429. The minimum Gasteiger partial charge on any atom is -0.325 e. The minimum atomic E-state index is -0.0821. The molecular weight excluding hydrogens is 242 g/mol. The number of carbonyl (C=O) groups is 2. The van der Waals surface area contributed by atoms with Gasteiger partial charge < -0.3 is 15.5 Å². The number of hydrogen-bond donors (Lipinski definition) is 2. The number of nitrogens with one attached hydrogen (secondary N) is 2. The molecule has 5 heteroatoms. The summed E-state index contributed by atoms with van der Waals surface area (Å²) in [7, 11) is 1.71. The van der Waals surface area contributed by atoms with E-state index in [-0.39, 0.29) is 24.4 Å². The van der Waals surface area contributed by atoms with Crippen molar-refractivity contribution in [1.82, 2.24) is 5.32 Å². The van der Waals surface area contributed by atoms with Crippen LogP contribution in [0.15, 0.2) is 24.3 Å². The van der Waals surface area contributed by atoms with Crippen LogP contribution in [0.5, 0.6) is 0 Å². The molecule has 2 N–H and O–H groups in total. The summed E-state index contributed by atoms with van der Waals surface area (Å²) in [6.07, 6.45) is 0. The third-order valence-corrected chi connectivity index (χ3v) is 2.68. The van der Waals surface area contributed by atoms with Crippen molar-refractivity contribution < 1.29 is 9.59 Å². The maximum atomic E-state index is 11.6. The summed E-state index contributed by atoms with van der Waals surface area (Å²) in [5, 5.41) is 5.83. The topological polar surface area (TPSA) is 61.4 Å². The zero-order chi connectivity index (χ0) is 14.4. The van der Waals surface area contributed by atoms with Crippen molar-refractivity contribution in [2.75, 3.05) is 23.8 Å². The van der Waals surface area contributed by atoms with Gasteiger partial charge in [-0.3, -0.25) is 9.59 Å². The van der Waals surface area contributed by atoms with E-state index < -0.39 is 0 Å². The van der Waals surface area contributed by atoms with Crippen LogP contribution in [-0.2, 0) is 9.59 Å². The maximum absolute atomic E-state index is 11.6. The van der Waals surface area contributed by atoms with Gasteiger partial charge in [0.1, 0.15) is 0 Å². The van der Waals surface area contributed by atoms with Gasteiger partial charge in [0.25, 0.3) is 0 Å². The summed E-state index contributed by atoms with van der Waals surface area (Å²) in [4.78, 5) is 24.4. The molecule has 0 fully saturated rings. The Kier molecular flexibility index (Phi) is 5.51. The van der Waals surface area contributed by atoms with Crippen molar-refractivity contribution in [2.24, 2.45) is 0 Å². The number of nitrogens with zero attached hydrogens (tertiary/aromatic N) is 1. The van der Waals surface area contributed by atoms with Crippen LogP contribution in [-0.4, -0.2) is 31.4 Å². The van der Waals surface area contributed by atoms with Gasteiger partial charge in [-0.15, -0.1) is 0 Å². The molecule has 0 spiro atoms. The van der Waals surface area contributed by atoms with Crippen LogP contribution in [0.4, 0.5) is 11.4 Å². The normalized spacial score (nSPS) is 10.4. The highest BCUT2D eigenvalue weighted by Gasteiger charge is 2.06. The van der Waals surface area contributed by atoms with Crippen LogP contribution < -0.4 is 15.5 Å². The molecule has 2 amide bonds. The molecule has 0 saturated carbocycles. The Morgan fingerprint density at radius 3 is 2.26 bits per heavy atom. The lowest BCUT2D eigenvalue weighted by Crippen LogP contribution is -2.32. The highest BCUT2D eigenvalue weighted by molar-refractivity contribution is 5.93. The molecule has 0 heterocycles. The number of benzene rings is 1. The van der Waals surface area contributed by atoms with Gasteiger partial charge >= 0.3 is 0 Å². The van der Waals surface area contributed by atoms with Crippen LogP contribution in [0, 0.1) is 0 Å². The molecule has 0 aliphatic heterocycles. The molecule has 0 bridgehead atoms. The molecule has 19 heavy (non-hydrogen) atoms. The fourth-order valence-electron chi connectivity index (χ4n) is 1.45. The zero-order valence-electron chi connectivity index (χ0n) is 11.9. The monoisotopic (exact) mass is 263 g/mol. The van der Waals surface area contributed by atoms with Crippen LogP contribution in [0.3, 0.4) is 0 Å². The van der Waals surface area contributed by atoms with Gasteiger partial charge in [-0.05, 0) is 24.3 Å². The third kappa shape index (κ3) is 5.09. The summed E-state index contributed by atoms with van der Waals surface area (Å²) in [6, 6.07) is 7.43. The quantitative estimate of drug-likeness (QED) is 0.848. The van der Waals surface area contributed by atoms with Crippen molar-refractivity contribution in [3.8, 4) is 0 Å². The number of rotatable bonds is 5. The second-order valence-electron chi connectivity index (χ2n) is 4.71. The van der Waals surface area contributed by atoms with E-state index in [9.17, 15) is 9.59 Å². The Balaban J connectivity index is 2.57. The van der Waals surface area contributed by atoms with E-state index in [0.29, 0.717) is 0 Å². The summed E-state index contributed by atoms with van der Waals surface area (Å²) >= 11 is 0. The molecule has 0 aliphatic rings. The average molecular weight is 263 g/mol. The van der Waals surface area contributed by atoms with Crippen molar-refractivity contribution in [3.63, 3.8) is 0 Å². The van der Waals surface area contributed by atoms with Crippen molar-refractivity contribution in [2.45, 2.75) is 26.8 Å². The van der Waals surface area contributed by atoms with E-state index in [1.807, 2.05) is 13.8 Å². The van der Waals surface area contributed by atoms with E-state index in [1.54, 1.807) is 36.2 Å². The minimum absolute atomic E-state index is 0.0297. The Hall–Kier alpha value is -1.88. The van der Waals surface area contributed by atoms with Gasteiger partial charge in [-0.1, -0.05) is 13.8 Å².